The van der Waals surface area contributed by atoms with Crippen molar-refractivity contribution in [1.82, 2.24) is 9.99 Å². The molecule has 1 N–H and O–H groups in total. The van der Waals surface area contributed by atoms with E-state index >= 15 is 0 Å². The second-order valence-electron chi connectivity index (χ2n) is 6.59. The van der Waals surface area contributed by atoms with Crippen molar-refractivity contribution in [3.05, 3.63) is 81.0 Å². The summed E-state index contributed by atoms with van der Waals surface area (Å²) >= 11 is 10.9. The third-order valence-electron chi connectivity index (χ3n) is 4.41. The highest BCUT2D eigenvalue weighted by atomic mass is 79.9. The molecule has 7 heteroatoms. The van der Waals surface area contributed by atoms with Crippen molar-refractivity contribution < 1.29 is 4.79 Å². The van der Waals surface area contributed by atoms with Gasteiger partial charge in [-0.25, -0.2) is 5.43 Å². The van der Waals surface area contributed by atoms with E-state index in [1.54, 1.807) is 6.21 Å². The number of aryl methyl sites for hydroxylation is 1. The van der Waals surface area contributed by atoms with E-state index < -0.39 is 0 Å². The Kier molecular flexibility index (Phi) is 7.22. The van der Waals surface area contributed by atoms with Gasteiger partial charge in [-0.2, -0.15) is 5.10 Å². The van der Waals surface area contributed by atoms with E-state index in [1.165, 1.54) is 11.8 Å². The van der Waals surface area contributed by atoms with Crippen LogP contribution in [0.15, 0.2) is 69.1 Å². The van der Waals surface area contributed by atoms with E-state index in [0.29, 0.717) is 5.02 Å². The molecule has 1 atom stereocenters. The number of rotatable bonds is 6. The first-order valence-corrected chi connectivity index (χ1v) is 11.1. The van der Waals surface area contributed by atoms with Crippen molar-refractivity contribution in [1.29, 1.82) is 0 Å². The van der Waals surface area contributed by atoms with E-state index in [9.17, 15) is 4.79 Å². The molecular formula is C22H21BrClN3OS. The van der Waals surface area contributed by atoms with Crippen molar-refractivity contribution in [3.63, 3.8) is 0 Å². The minimum Gasteiger partial charge on any atom is -0.318 e. The molecule has 0 spiro atoms. The number of nitrogens with zero attached hydrogens (tertiary/aromatic N) is 2. The molecule has 0 bridgehead atoms. The molecular weight excluding hydrogens is 470 g/mol. The molecule has 0 saturated carbocycles. The van der Waals surface area contributed by atoms with Crippen molar-refractivity contribution in [2.24, 2.45) is 5.10 Å². The Bertz CT molecular complexity index is 1050. The quantitative estimate of drug-likeness (QED) is 0.256. The second kappa shape index (κ2) is 9.65. The van der Waals surface area contributed by atoms with Crippen molar-refractivity contribution in [2.75, 3.05) is 0 Å². The molecule has 1 heterocycles. The number of nitrogens with one attached hydrogen (secondary N) is 1. The predicted octanol–water partition coefficient (Wildman–Crippen LogP) is 6.14. The molecule has 0 aliphatic carbocycles. The van der Waals surface area contributed by atoms with E-state index in [1.807, 2.05) is 50.2 Å². The zero-order valence-electron chi connectivity index (χ0n) is 16.3. The maximum Gasteiger partial charge on any atom is 0.253 e. The van der Waals surface area contributed by atoms with Gasteiger partial charge in [0, 0.05) is 37.0 Å². The van der Waals surface area contributed by atoms with Gasteiger partial charge in [-0.05, 0) is 69.3 Å². The van der Waals surface area contributed by atoms with Gasteiger partial charge in [-0.15, -0.1) is 11.8 Å². The number of aromatic nitrogens is 1. The fourth-order valence-corrected chi connectivity index (χ4v) is 4.33. The molecule has 0 unspecified atom stereocenters. The fraction of sp³-hybridized carbons (Fsp3) is 0.182. The number of carbonyl (C=O) groups excluding carboxylic acids is 1. The number of halogens is 2. The smallest absolute Gasteiger partial charge is 0.253 e. The third-order valence-corrected chi connectivity index (χ3v) is 6.27. The van der Waals surface area contributed by atoms with Crippen molar-refractivity contribution in [2.45, 2.75) is 30.9 Å². The lowest BCUT2D eigenvalue weighted by Gasteiger charge is -2.10. The first-order chi connectivity index (χ1) is 13.8. The van der Waals surface area contributed by atoms with Crippen LogP contribution >= 0.6 is 39.3 Å². The van der Waals surface area contributed by atoms with Gasteiger partial charge in [0.15, 0.2) is 0 Å². The van der Waals surface area contributed by atoms with Gasteiger partial charge >= 0.3 is 0 Å². The van der Waals surface area contributed by atoms with Gasteiger partial charge in [0.2, 0.25) is 0 Å². The Morgan fingerprint density at radius 3 is 2.62 bits per heavy atom. The van der Waals surface area contributed by atoms with Gasteiger partial charge in [-0.1, -0.05) is 33.6 Å². The Morgan fingerprint density at radius 2 is 1.93 bits per heavy atom. The van der Waals surface area contributed by atoms with Crippen LogP contribution in [0, 0.1) is 13.8 Å². The van der Waals surface area contributed by atoms with E-state index in [2.05, 4.69) is 56.1 Å². The molecule has 0 saturated heterocycles. The lowest BCUT2D eigenvalue weighted by molar-refractivity contribution is -0.120. The molecule has 29 heavy (non-hydrogen) atoms. The Morgan fingerprint density at radius 1 is 1.21 bits per heavy atom. The molecule has 4 nitrogen and oxygen atoms in total. The number of hydrogen-bond acceptors (Lipinski definition) is 3. The molecule has 0 aliphatic rings. The summed E-state index contributed by atoms with van der Waals surface area (Å²) in [5.74, 6) is -0.151. The van der Waals surface area contributed by atoms with Crippen LogP contribution in [0.3, 0.4) is 0 Å². The van der Waals surface area contributed by atoms with Gasteiger partial charge in [0.1, 0.15) is 0 Å². The molecule has 2 aromatic carbocycles. The summed E-state index contributed by atoms with van der Waals surface area (Å²) in [5, 5.41) is 4.57. The van der Waals surface area contributed by atoms with Crippen LogP contribution in [-0.4, -0.2) is 21.9 Å². The second-order valence-corrected chi connectivity index (χ2v) is 9.36. The zero-order chi connectivity index (χ0) is 21.0. The summed E-state index contributed by atoms with van der Waals surface area (Å²) in [6.45, 7) is 5.94. The first-order valence-electron chi connectivity index (χ1n) is 9.05. The topological polar surface area (TPSA) is 46.4 Å². The average Bonchev–Trinajstić information content (AvgIpc) is 2.97. The zero-order valence-corrected chi connectivity index (χ0v) is 19.5. The fourth-order valence-electron chi connectivity index (χ4n) is 2.96. The standard InChI is InChI=1S/C22H21BrClN3OS/c1-14-11-17(15(2)27(14)20-6-4-5-18(23)12-20)13-25-26-22(28)16(3)29-21-9-7-19(24)8-10-21/h4-13,16H,1-3H3,(H,26,28)/b25-13-/t16-/m1/s1. The Balaban J connectivity index is 1.66. The van der Waals surface area contributed by atoms with Crippen LogP contribution in [0.5, 0.6) is 0 Å². The van der Waals surface area contributed by atoms with Crippen LogP contribution in [0.25, 0.3) is 5.69 Å². The highest BCUT2D eigenvalue weighted by molar-refractivity contribution is 9.10. The molecule has 1 aromatic heterocycles. The summed E-state index contributed by atoms with van der Waals surface area (Å²) < 4.78 is 3.18. The summed E-state index contributed by atoms with van der Waals surface area (Å²) in [4.78, 5) is 13.3. The number of carbonyl (C=O) groups is 1. The molecule has 150 valence electrons. The monoisotopic (exact) mass is 489 g/mol. The number of thioether (sulfide) groups is 1. The molecule has 3 rings (SSSR count). The third kappa shape index (κ3) is 5.53. The maximum atomic E-state index is 12.3. The van der Waals surface area contributed by atoms with Gasteiger partial charge in [-0.3, -0.25) is 4.79 Å². The Labute approximate surface area is 188 Å². The Hall–Kier alpha value is -2.02. The average molecular weight is 491 g/mol. The lowest BCUT2D eigenvalue weighted by Crippen LogP contribution is -2.26. The minimum atomic E-state index is -0.276. The number of hydrazone groups is 1. The van der Waals surface area contributed by atoms with Crippen LogP contribution in [0.2, 0.25) is 5.02 Å². The lowest BCUT2D eigenvalue weighted by atomic mass is 10.2. The largest absolute Gasteiger partial charge is 0.318 e. The molecule has 3 aromatic rings. The van der Waals surface area contributed by atoms with Crippen molar-refractivity contribution in [3.8, 4) is 5.69 Å². The molecule has 0 aliphatic heterocycles. The highest BCUT2D eigenvalue weighted by Gasteiger charge is 2.14. The number of benzene rings is 2. The van der Waals surface area contributed by atoms with Gasteiger partial charge in [0.25, 0.3) is 5.91 Å². The van der Waals surface area contributed by atoms with Crippen LogP contribution < -0.4 is 5.43 Å². The summed E-state index contributed by atoms with van der Waals surface area (Å²) in [6, 6.07) is 17.6. The number of amides is 1. The summed E-state index contributed by atoms with van der Waals surface area (Å²) in [6.07, 6.45) is 1.69. The number of hydrogen-bond donors (Lipinski definition) is 1. The van der Waals surface area contributed by atoms with Gasteiger partial charge in [0.05, 0.1) is 11.5 Å². The summed E-state index contributed by atoms with van der Waals surface area (Å²) in [5.41, 5.74) is 6.82. The normalized spacial score (nSPS) is 12.3. The van der Waals surface area contributed by atoms with E-state index in [4.69, 9.17) is 11.6 Å². The van der Waals surface area contributed by atoms with Crippen LogP contribution in [-0.2, 0) is 4.79 Å². The first kappa shape index (κ1) is 21.7. The SMILES string of the molecule is Cc1cc(/C=N\NC(=O)[C@@H](C)Sc2ccc(Cl)cc2)c(C)n1-c1cccc(Br)c1. The summed E-state index contributed by atoms with van der Waals surface area (Å²) in [7, 11) is 0. The van der Waals surface area contributed by atoms with Gasteiger partial charge < -0.3 is 4.57 Å². The predicted molar refractivity (Wildman–Crippen MR) is 125 cm³/mol. The molecule has 0 radical (unpaired) electrons. The molecule has 0 fully saturated rings. The van der Waals surface area contributed by atoms with E-state index in [-0.39, 0.29) is 11.2 Å². The minimum absolute atomic E-state index is 0.151. The van der Waals surface area contributed by atoms with E-state index in [0.717, 1.165) is 32.0 Å². The van der Waals surface area contributed by atoms with Crippen LogP contribution in [0.4, 0.5) is 0 Å². The van der Waals surface area contributed by atoms with Crippen LogP contribution in [0.1, 0.15) is 23.9 Å². The maximum absolute atomic E-state index is 12.3. The molecule has 1 amide bonds. The highest BCUT2D eigenvalue weighted by Crippen LogP contribution is 2.25. The van der Waals surface area contributed by atoms with Crippen molar-refractivity contribution >= 4 is 51.4 Å².